The van der Waals surface area contributed by atoms with E-state index < -0.39 is 33.5 Å². The number of sulfonamides is 1. The van der Waals surface area contributed by atoms with Gasteiger partial charge in [-0.15, -0.1) is 0 Å². The van der Waals surface area contributed by atoms with Crippen molar-refractivity contribution in [3.8, 4) is 11.1 Å². The molecule has 3 aromatic heterocycles. The number of oxazole rings is 1. The van der Waals surface area contributed by atoms with Crippen LogP contribution < -0.4 is 10.6 Å². The first kappa shape index (κ1) is 28.6. The number of alkyl halides is 6. The standard InChI is InChI=1S/C24H20F6N6O4S/c25-23(26,27)22(37,24(28,29)30)15-10-17(14-1-3-19-18(9-14)34-13-40-19)21(33-11-15)35-5-7-36(8-6-35)41(38,39)16-2-4-20(31)32-12-16/h1-4,9-13,37H,5-8H2,(H2,31,32). The molecule has 0 radical (unpaired) electrons. The average molecular weight is 603 g/mol. The van der Waals surface area contributed by atoms with Crippen molar-refractivity contribution >= 4 is 32.8 Å². The number of hydrogen-bond donors (Lipinski definition) is 2. The lowest BCUT2D eigenvalue weighted by Gasteiger charge is -2.36. The summed E-state index contributed by atoms with van der Waals surface area (Å²) in [6.45, 7) is -0.161. The van der Waals surface area contributed by atoms with Crippen LogP contribution in [0.15, 0.2) is 64.5 Å². The molecule has 1 saturated heterocycles. The van der Waals surface area contributed by atoms with Crippen molar-refractivity contribution in [3.63, 3.8) is 0 Å². The highest BCUT2D eigenvalue weighted by Crippen LogP contribution is 2.51. The molecule has 0 bridgehead atoms. The van der Waals surface area contributed by atoms with Gasteiger partial charge < -0.3 is 20.2 Å². The average Bonchev–Trinajstić information content (AvgIpc) is 3.39. The minimum absolute atomic E-state index is 0.00398. The van der Waals surface area contributed by atoms with Crippen LogP contribution >= 0.6 is 0 Å². The smallest absolute Gasteiger partial charge is 0.430 e. The molecule has 4 heterocycles. The van der Waals surface area contributed by atoms with Crippen molar-refractivity contribution in [2.24, 2.45) is 0 Å². The van der Waals surface area contributed by atoms with Gasteiger partial charge in [0.25, 0.3) is 5.60 Å². The van der Waals surface area contributed by atoms with Crippen LogP contribution in [0.5, 0.6) is 0 Å². The Balaban J connectivity index is 1.54. The molecule has 1 fully saturated rings. The van der Waals surface area contributed by atoms with Gasteiger partial charge in [0, 0.05) is 49.7 Å². The van der Waals surface area contributed by atoms with Gasteiger partial charge in [-0.3, -0.25) is 0 Å². The van der Waals surface area contributed by atoms with Gasteiger partial charge in [-0.05, 0) is 35.9 Å². The van der Waals surface area contributed by atoms with Crippen molar-refractivity contribution in [2.45, 2.75) is 22.8 Å². The Hall–Kier alpha value is -3.96. The number of pyridine rings is 2. The third-order valence-corrected chi connectivity index (χ3v) is 8.56. The second-order valence-electron chi connectivity index (χ2n) is 9.15. The molecular formula is C24H20F6N6O4S. The maximum Gasteiger partial charge on any atom is 0.430 e. The lowest BCUT2D eigenvalue weighted by atomic mass is 9.91. The van der Waals surface area contributed by atoms with E-state index in [1.807, 2.05) is 0 Å². The van der Waals surface area contributed by atoms with Crippen molar-refractivity contribution in [2.75, 3.05) is 36.8 Å². The lowest BCUT2D eigenvalue weighted by molar-refractivity contribution is -0.376. The van der Waals surface area contributed by atoms with Gasteiger partial charge in [0.05, 0.1) is 0 Å². The Morgan fingerprint density at radius 3 is 2.17 bits per heavy atom. The fraction of sp³-hybridized carbons (Fsp3) is 0.292. The predicted molar refractivity (Wildman–Crippen MR) is 133 cm³/mol. The molecule has 41 heavy (non-hydrogen) atoms. The van der Waals surface area contributed by atoms with E-state index in [9.17, 15) is 39.9 Å². The van der Waals surface area contributed by atoms with Crippen LogP contribution in [0.25, 0.3) is 22.2 Å². The summed E-state index contributed by atoms with van der Waals surface area (Å²) in [6.07, 6.45) is -9.68. The van der Waals surface area contributed by atoms with E-state index in [-0.39, 0.29) is 59.4 Å². The first-order valence-corrected chi connectivity index (χ1v) is 13.2. The van der Waals surface area contributed by atoms with Crippen molar-refractivity contribution < 1.29 is 44.3 Å². The zero-order valence-corrected chi connectivity index (χ0v) is 21.5. The van der Waals surface area contributed by atoms with Crippen LogP contribution in [0.4, 0.5) is 38.0 Å². The number of rotatable bonds is 5. The van der Waals surface area contributed by atoms with Crippen LogP contribution in [0.2, 0.25) is 0 Å². The normalized spacial score (nSPS) is 15.9. The number of anilines is 2. The molecule has 1 aromatic carbocycles. The summed E-state index contributed by atoms with van der Waals surface area (Å²) in [4.78, 5) is 13.1. The van der Waals surface area contributed by atoms with E-state index in [0.717, 1.165) is 16.9 Å². The van der Waals surface area contributed by atoms with Crippen LogP contribution in [0.1, 0.15) is 5.56 Å². The van der Waals surface area contributed by atoms with E-state index in [1.54, 1.807) is 0 Å². The summed E-state index contributed by atoms with van der Waals surface area (Å²) in [5.74, 6) is 0.108. The van der Waals surface area contributed by atoms with Crippen molar-refractivity contribution in [3.05, 3.63) is 60.7 Å². The molecule has 5 rings (SSSR count). The van der Waals surface area contributed by atoms with Crippen LogP contribution in [0, 0.1) is 0 Å². The maximum atomic E-state index is 13.7. The van der Waals surface area contributed by atoms with Gasteiger partial charge in [0.15, 0.2) is 12.0 Å². The summed E-state index contributed by atoms with van der Waals surface area (Å²) in [6, 6.07) is 7.42. The molecule has 0 amide bonds. The molecule has 4 aromatic rings. The number of nitrogen functional groups attached to an aromatic ring is 1. The summed E-state index contributed by atoms with van der Waals surface area (Å²) >= 11 is 0. The number of aromatic nitrogens is 3. The topological polar surface area (TPSA) is 139 Å². The summed E-state index contributed by atoms with van der Waals surface area (Å²) in [7, 11) is -3.96. The number of nitrogens with zero attached hydrogens (tertiary/aromatic N) is 5. The van der Waals surface area contributed by atoms with E-state index in [2.05, 4.69) is 15.0 Å². The van der Waals surface area contributed by atoms with E-state index in [1.165, 1.54) is 35.2 Å². The highest BCUT2D eigenvalue weighted by Gasteiger charge is 2.71. The molecule has 3 N–H and O–H groups in total. The molecule has 0 aliphatic carbocycles. The third kappa shape index (κ3) is 4.93. The highest BCUT2D eigenvalue weighted by molar-refractivity contribution is 7.89. The molecule has 0 atom stereocenters. The van der Waals surface area contributed by atoms with Crippen molar-refractivity contribution in [1.29, 1.82) is 0 Å². The third-order valence-electron chi connectivity index (χ3n) is 6.68. The van der Waals surface area contributed by atoms with Gasteiger partial charge in [-0.2, -0.15) is 30.6 Å². The minimum atomic E-state index is -6.11. The van der Waals surface area contributed by atoms with Gasteiger partial charge in [-0.25, -0.2) is 23.4 Å². The van der Waals surface area contributed by atoms with Crippen LogP contribution in [-0.4, -0.2) is 71.3 Å². The Bertz CT molecular complexity index is 1670. The number of fused-ring (bicyclic) bond motifs is 1. The Kier molecular flexibility index (Phi) is 6.86. The van der Waals surface area contributed by atoms with Gasteiger partial charge >= 0.3 is 12.4 Å². The Morgan fingerprint density at radius 1 is 0.878 bits per heavy atom. The van der Waals surface area contributed by atoms with Gasteiger partial charge in [-0.1, -0.05) is 6.07 Å². The lowest BCUT2D eigenvalue weighted by Crippen LogP contribution is -2.54. The molecule has 1 aliphatic heterocycles. The SMILES string of the molecule is Nc1ccc(S(=O)(=O)N2CCN(c3ncc(C(O)(C(F)(F)F)C(F)(F)F)cc3-c3ccc4ocnc4c3)CC2)cn1. The summed E-state index contributed by atoms with van der Waals surface area (Å²) < 4.78 is 114. The largest absolute Gasteiger partial charge is 0.443 e. The number of hydrogen-bond acceptors (Lipinski definition) is 9. The highest BCUT2D eigenvalue weighted by atomic mass is 32.2. The second kappa shape index (κ2) is 9.85. The number of halogens is 6. The van der Waals surface area contributed by atoms with Crippen LogP contribution in [0.3, 0.4) is 0 Å². The molecule has 0 spiro atoms. The molecule has 218 valence electrons. The maximum absolute atomic E-state index is 13.7. The number of benzene rings is 1. The number of nitrogens with two attached hydrogens (primary N) is 1. The first-order chi connectivity index (χ1) is 19.1. The predicted octanol–water partition coefficient (Wildman–Crippen LogP) is 3.69. The molecule has 10 nitrogen and oxygen atoms in total. The fourth-order valence-electron chi connectivity index (χ4n) is 4.47. The minimum Gasteiger partial charge on any atom is -0.443 e. The molecule has 17 heteroatoms. The summed E-state index contributed by atoms with van der Waals surface area (Å²) in [5.41, 5.74) is -0.645. The zero-order chi connectivity index (χ0) is 29.8. The monoisotopic (exact) mass is 602 g/mol. The fourth-order valence-corrected chi connectivity index (χ4v) is 5.83. The zero-order valence-electron chi connectivity index (χ0n) is 20.7. The molecule has 0 unspecified atom stereocenters. The quantitative estimate of drug-likeness (QED) is 0.328. The van der Waals surface area contributed by atoms with E-state index >= 15 is 0 Å². The van der Waals surface area contributed by atoms with E-state index in [4.69, 9.17) is 10.2 Å². The second-order valence-corrected chi connectivity index (χ2v) is 11.1. The number of piperazine rings is 1. The summed E-state index contributed by atoms with van der Waals surface area (Å²) in [5, 5.41) is 10.00. The first-order valence-electron chi connectivity index (χ1n) is 11.8. The van der Waals surface area contributed by atoms with Gasteiger partial charge in [0.1, 0.15) is 22.0 Å². The van der Waals surface area contributed by atoms with Crippen molar-refractivity contribution in [1.82, 2.24) is 19.3 Å². The molecular weight excluding hydrogens is 582 g/mol. The Morgan fingerprint density at radius 2 is 1.56 bits per heavy atom. The number of aliphatic hydroxyl groups is 1. The van der Waals surface area contributed by atoms with Gasteiger partial charge in [0.2, 0.25) is 10.0 Å². The Labute approximate surface area is 228 Å². The molecule has 1 aliphatic rings. The van der Waals surface area contributed by atoms with E-state index in [0.29, 0.717) is 17.8 Å². The molecule has 0 saturated carbocycles. The van der Waals surface area contributed by atoms with Crippen LogP contribution in [-0.2, 0) is 15.6 Å².